The molecular weight excluding hydrogens is 426 g/mol. The van der Waals surface area contributed by atoms with Crippen LogP contribution in [0.2, 0.25) is 0 Å². The molecule has 0 aliphatic heterocycles. The summed E-state index contributed by atoms with van der Waals surface area (Å²) < 4.78 is 0. The average Bonchev–Trinajstić information content (AvgIpc) is 3.15. The van der Waals surface area contributed by atoms with Gasteiger partial charge in [0, 0.05) is 0 Å². The van der Waals surface area contributed by atoms with Gasteiger partial charge in [0.15, 0.2) is 0 Å². The number of hydrogen-bond acceptors (Lipinski definition) is 0. The van der Waals surface area contributed by atoms with Crippen molar-refractivity contribution < 1.29 is 51.0 Å². The summed E-state index contributed by atoms with van der Waals surface area (Å²) in [6, 6.07) is 0. The predicted octanol–water partition coefficient (Wildman–Crippen LogP) is -0.0990. The fourth-order valence-electron chi connectivity index (χ4n) is 8.50. The Labute approximate surface area is 185 Å². The van der Waals surface area contributed by atoms with Crippen LogP contribution in [0.5, 0.6) is 0 Å². The van der Waals surface area contributed by atoms with Crippen molar-refractivity contribution in [3.8, 4) is 0 Å². The van der Waals surface area contributed by atoms with Crippen LogP contribution >= 0.6 is 0 Å². The Morgan fingerprint density at radius 1 is 0.920 bits per heavy atom. The van der Waals surface area contributed by atoms with Gasteiger partial charge in [-0.05, 0) is 104 Å². The monoisotopic (exact) mass is 454 g/mol. The number of allylic oxidation sites excluding steroid dienone is 4. The van der Waals surface area contributed by atoms with Crippen molar-refractivity contribution in [1.29, 1.82) is 0 Å². The van der Waals surface area contributed by atoms with Crippen LogP contribution in [0.25, 0.3) is 0 Å². The van der Waals surface area contributed by atoms with Crippen molar-refractivity contribution >= 4 is 0 Å². The van der Waals surface area contributed by atoms with E-state index in [0.717, 1.165) is 35.5 Å². The van der Waals surface area contributed by atoms with Crippen LogP contribution < -0.4 is 24.8 Å². The maximum Gasteiger partial charge on any atom is 2.00 e. The first-order valence-corrected chi connectivity index (χ1v) is 10.2. The van der Waals surface area contributed by atoms with E-state index in [1.54, 1.807) is 38.5 Å². The SMILES string of the molecule is CC1C2=C(CC(C34CC5CC(CC(C5)C3)C4)=C2)C2CCCC12.[Cl-].[Cl-].[Zr+2]. The summed E-state index contributed by atoms with van der Waals surface area (Å²) in [7, 11) is 0. The van der Waals surface area contributed by atoms with E-state index in [1.165, 1.54) is 25.7 Å². The first kappa shape index (κ1) is 20.7. The summed E-state index contributed by atoms with van der Waals surface area (Å²) >= 11 is 0. The van der Waals surface area contributed by atoms with Crippen LogP contribution in [-0.2, 0) is 26.2 Å². The van der Waals surface area contributed by atoms with Crippen LogP contribution in [0.1, 0.15) is 71.1 Å². The molecular formula is C22H30Cl2Zr. The number of fused-ring (bicyclic) bond motifs is 2. The molecule has 5 fully saturated rings. The molecule has 5 saturated carbocycles. The van der Waals surface area contributed by atoms with Crippen molar-refractivity contribution in [3.05, 3.63) is 22.8 Å². The Morgan fingerprint density at radius 3 is 2.12 bits per heavy atom. The van der Waals surface area contributed by atoms with Gasteiger partial charge in [-0.3, -0.25) is 0 Å². The van der Waals surface area contributed by atoms with Gasteiger partial charge in [0.2, 0.25) is 0 Å². The van der Waals surface area contributed by atoms with E-state index in [9.17, 15) is 0 Å². The van der Waals surface area contributed by atoms with E-state index >= 15 is 0 Å². The summed E-state index contributed by atoms with van der Waals surface area (Å²) in [5.41, 5.74) is 6.36. The van der Waals surface area contributed by atoms with E-state index in [-0.39, 0.29) is 51.0 Å². The summed E-state index contributed by atoms with van der Waals surface area (Å²) in [5, 5.41) is 0. The maximum atomic E-state index is 2.77. The van der Waals surface area contributed by atoms with E-state index < -0.39 is 0 Å². The zero-order valence-corrected chi connectivity index (χ0v) is 19.3. The quantitative estimate of drug-likeness (QED) is 0.517. The summed E-state index contributed by atoms with van der Waals surface area (Å²) in [4.78, 5) is 0. The second-order valence-electron chi connectivity index (χ2n) is 10.0. The molecule has 7 aliphatic carbocycles. The molecule has 7 aliphatic rings. The summed E-state index contributed by atoms with van der Waals surface area (Å²) in [5.74, 6) is 6.19. The molecule has 3 heteroatoms. The van der Waals surface area contributed by atoms with Crippen LogP contribution in [-0.4, -0.2) is 0 Å². The second-order valence-corrected chi connectivity index (χ2v) is 10.0. The largest absolute Gasteiger partial charge is 2.00 e. The zero-order valence-electron chi connectivity index (χ0n) is 15.4. The van der Waals surface area contributed by atoms with Crippen molar-refractivity contribution in [3.63, 3.8) is 0 Å². The minimum Gasteiger partial charge on any atom is -1.00 e. The van der Waals surface area contributed by atoms with Crippen LogP contribution in [0.15, 0.2) is 22.8 Å². The zero-order chi connectivity index (χ0) is 14.5. The molecule has 0 aromatic rings. The summed E-state index contributed by atoms with van der Waals surface area (Å²) in [6.07, 6.45) is 18.1. The maximum absolute atomic E-state index is 2.77. The van der Waals surface area contributed by atoms with E-state index in [0.29, 0.717) is 5.41 Å². The van der Waals surface area contributed by atoms with Gasteiger partial charge in [-0.2, -0.15) is 0 Å². The van der Waals surface area contributed by atoms with Gasteiger partial charge in [0.25, 0.3) is 0 Å². The molecule has 0 saturated heterocycles. The molecule has 0 heterocycles. The molecule has 0 spiro atoms. The number of halogens is 2. The number of hydrogen-bond donors (Lipinski definition) is 0. The van der Waals surface area contributed by atoms with Gasteiger partial charge in [0.05, 0.1) is 0 Å². The van der Waals surface area contributed by atoms with Crippen LogP contribution in [0.4, 0.5) is 0 Å². The molecule has 0 amide bonds. The molecule has 136 valence electrons. The van der Waals surface area contributed by atoms with Gasteiger partial charge in [-0.1, -0.05) is 30.6 Å². The van der Waals surface area contributed by atoms with Gasteiger partial charge in [-0.25, -0.2) is 0 Å². The standard InChI is InChI=1S/C22H30.2ClH.Zr/c1-13-18-3-2-4-19(18)21-9-17(8-20(13)21)22-10-14-5-15(11-22)7-16(6-14)12-22;;;/h8,13-16,18-19H,2-7,9-12H2,1H3;2*1H;/q;;;+2/p-2. The third-order valence-corrected chi connectivity index (χ3v) is 8.95. The normalized spacial score (nSPS) is 48.3. The minimum atomic E-state index is 0. The molecule has 3 unspecified atom stereocenters. The first-order valence-electron chi connectivity index (χ1n) is 10.2. The van der Waals surface area contributed by atoms with Gasteiger partial charge < -0.3 is 24.8 Å². The van der Waals surface area contributed by atoms with Crippen molar-refractivity contribution in [2.24, 2.45) is 40.9 Å². The van der Waals surface area contributed by atoms with Gasteiger partial charge in [0.1, 0.15) is 0 Å². The van der Waals surface area contributed by atoms with Crippen molar-refractivity contribution in [2.45, 2.75) is 71.1 Å². The average molecular weight is 457 g/mol. The number of rotatable bonds is 1. The third kappa shape index (κ3) is 2.84. The first-order chi connectivity index (χ1) is 10.7. The van der Waals surface area contributed by atoms with Crippen LogP contribution in [0.3, 0.4) is 0 Å². The van der Waals surface area contributed by atoms with E-state index in [1.807, 2.05) is 16.7 Å². The van der Waals surface area contributed by atoms with Crippen LogP contribution in [0, 0.1) is 40.9 Å². The fourth-order valence-corrected chi connectivity index (χ4v) is 8.50. The molecule has 4 bridgehead atoms. The molecule has 3 atom stereocenters. The van der Waals surface area contributed by atoms with Crippen molar-refractivity contribution in [2.75, 3.05) is 0 Å². The minimum absolute atomic E-state index is 0. The molecule has 0 radical (unpaired) electrons. The Balaban J connectivity index is 0.000000607. The van der Waals surface area contributed by atoms with E-state index in [4.69, 9.17) is 0 Å². The third-order valence-electron chi connectivity index (χ3n) is 8.95. The Hall–Kier alpha value is 0.943. The predicted molar refractivity (Wildman–Crippen MR) is 90.3 cm³/mol. The van der Waals surface area contributed by atoms with Gasteiger partial charge in [-0.15, -0.1) is 0 Å². The Morgan fingerprint density at radius 2 is 1.52 bits per heavy atom. The van der Waals surface area contributed by atoms with Crippen molar-refractivity contribution in [1.82, 2.24) is 0 Å². The molecule has 0 N–H and O–H groups in total. The fraction of sp³-hybridized carbons (Fsp3) is 0.818. The second kappa shape index (κ2) is 7.08. The Bertz CT molecular complexity index is 570. The molecule has 0 nitrogen and oxygen atoms in total. The topological polar surface area (TPSA) is 0 Å². The Kier molecular flexibility index (Phi) is 5.85. The van der Waals surface area contributed by atoms with E-state index in [2.05, 4.69) is 13.0 Å². The molecule has 0 aromatic carbocycles. The molecule has 7 rings (SSSR count). The van der Waals surface area contributed by atoms with Gasteiger partial charge >= 0.3 is 26.2 Å². The molecule has 0 aromatic heterocycles. The molecule has 25 heavy (non-hydrogen) atoms. The smallest absolute Gasteiger partial charge is 1.00 e. The summed E-state index contributed by atoms with van der Waals surface area (Å²) in [6.45, 7) is 2.55.